The highest BCUT2D eigenvalue weighted by Crippen LogP contribution is 2.25. The molecule has 1 aliphatic rings. The van der Waals surface area contributed by atoms with E-state index in [1.54, 1.807) is 24.3 Å². The maximum absolute atomic E-state index is 12.3. The Kier molecular flexibility index (Phi) is 5.92. The molecule has 0 atom stereocenters. The molecular weight excluding hydrogens is 376 g/mol. The number of rotatable bonds is 8. The summed E-state index contributed by atoms with van der Waals surface area (Å²) in [5.41, 5.74) is 0.913. The van der Waals surface area contributed by atoms with Gasteiger partial charge in [0, 0.05) is 13.0 Å². The van der Waals surface area contributed by atoms with Gasteiger partial charge < -0.3 is 15.5 Å². The zero-order valence-corrected chi connectivity index (χ0v) is 15.6. The highest BCUT2D eigenvalue weighted by atomic mass is 16.4. The summed E-state index contributed by atoms with van der Waals surface area (Å²) in [7, 11) is 0. The van der Waals surface area contributed by atoms with E-state index in [1.165, 1.54) is 17.0 Å². The van der Waals surface area contributed by atoms with Crippen molar-refractivity contribution < 1.29 is 29.4 Å². The molecule has 2 aromatic rings. The number of imide groups is 1. The van der Waals surface area contributed by atoms with E-state index in [0.717, 1.165) is 6.07 Å². The van der Waals surface area contributed by atoms with Crippen LogP contribution in [0, 0.1) is 0 Å². The number of unbranched alkanes of at least 4 members (excludes halogenated alkanes) is 2. The molecule has 8 heteroatoms. The normalized spacial score (nSPS) is 12.8. The summed E-state index contributed by atoms with van der Waals surface area (Å²) in [5, 5.41) is 21.2. The van der Waals surface area contributed by atoms with Gasteiger partial charge in [0.15, 0.2) is 0 Å². The third-order valence-electron chi connectivity index (χ3n) is 4.68. The Hall–Kier alpha value is -3.68. The molecule has 3 rings (SSSR count). The Morgan fingerprint density at radius 2 is 1.59 bits per heavy atom. The molecule has 0 spiro atoms. The number of fused-ring (bicyclic) bond motifs is 1. The number of aromatic carboxylic acids is 1. The molecule has 0 fully saturated rings. The average Bonchev–Trinajstić information content (AvgIpc) is 2.94. The van der Waals surface area contributed by atoms with Crippen LogP contribution in [0.3, 0.4) is 0 Å². The number of anilines is 1. The van der Waals surface area contributed by atoms with E-state index in [9.17, 15) is 24.3 Å². The van der Waals surface area contributed by atoms with Crippen molar-refractivity contribution in [3.05, 3.63) is 59.2 Å². The molecule has 0 aromatic heterocycles. The van der Waals surface area contributed by atoms with Gasteiger partial charge in [0.2, 0.25) is 5.91 Å². The number of benzene rings is 2. The van der Waals surface area contributed by atoms with Crippen molar-refractivity contribution in [3.8, 4) is 5.75 Å². The second-order valence-corrected chi connectivity index (χ2v) is 6.70. The topological polar surface area (TPSA) is 124 Å². The summed E-state index contributed by atoms with van der Waals surface area (Å²) in [6, 6.07) is 10.4. The SMILES string of the molecule is O=C(CCCCCN1C(=O)c2ccccc2C1=O)Nc1ccc(C(=O)O)cc1O. The number of phenolic OH excluding ortho intramolecular Hbond substituents is 1. The van der Waals surface area contributed by atoms with Gasteiger partial charge in [-0.15, -0.1) is 0 Å². The molecule has 0 radical (unpaired) electrons. The largest absolute Gasteiger partial charge is 0.506 e. The number of nitrogens with zero attached hydrogens (tertiary/aromatic N) is 1. The molecule has 1 heterocycles. The number of amides is 3. The lowest BCUT2D eigenvalue weighted by Gasteiger charge is -2.13. The maximum Gasteiger partial charge on any atom is 0.335 e. The lowest BCUT2D eigenvalue weighted by molar-refractivity contribution is -0.116. The average molecular weight is 396 g/mol. The lowest BCUT2D eigenvalue weighted by Crippen LogP contribution is -2.30. The molecule has 0 aliphatic carbocycles. The smallest absolute Gasteiger partial charge is 0.335 e. The van der Waals surface area contributed by atoms with Gasteiger partial charge in [-0.25, -0.2) is 4.79 Å². The molecule has 150 valence electrons. The maximum atomic E-state index is 12.3. The molecule has 29 heavy (non-hydrogen) atoms. The first-order valence-corrected chi connectivity index (χ1v) is 9.20. The number of hydrogen-bond donors (Lipinski definition) is 3. The summed E-state index contributed by atoms with van der Waals surface area (Å²) in [6.07, 6.45) is 1.97. The van der Waals surface area contributed by atoms with Crippen LogP contribution < -0.4 is 5.32 Å². The van der Waals surface area contributed by atoms with Gasteiger partial charge in [-0.1, -0.05) is 18.6 Å². The van der Waals surface area contributed by atoms with Crippen LogP contribution in [0.25, 0.3) is 0 Å². The van der Waals surface area contributed by atoms with Crippen LogP contribution in [0.2, 0.25) is 0 Å². The summed E-state index contributed by atoms with van der Waals surface area (Å²) in [5.74, 6) is -2.38. The number of aromatic hydroxyl groups is 1. The van der Waals surface area contributed by atoms with Gasteiger partial charge >= 0.3 is 5.97 Å². The van der Waals surface area contributed by atoms with Crippen molar-refractivity contribution in [1.29, 1.82) is 0 Å². The van der Waals surface area contributed by atoms with Crippen LogP contribution in [-0.4, -0.2) is 45.3 Å². The van der Waals surface area contributed by atoms with E-state index in [4.69, 9.17) is 5.11 Å². The molecule has 8 nitrogen and oxygen atoms in total. The first-order valence-electron chi connectivity index (χ1n) is 9.20. The predicted molar refractivity (Wildman–Crippen MR) is 104 cm³/mol. The minimum Gasteiger partial charge on any atom is -0.506 e. The van der Waals surface area contributed by atoms with E-state index < -0.39 is 5.97 Å². The van der Waals surface area contributed by atoms with Gasteiger partial charge in [0.25, 0.3) is 11.8 Å². The van der Waals surface area contributed by atoms with E-state index in [1.807, 2.05) is 0 Å². The number of carboxylic acids is 1. The Morgan fingerprint density at radius 1 is 0.931 bits per heavy atom. The fourth-order valence-electron chi connectivity index (χ4n) is 3.16. The van der Waals surface area contributed by atoms with E-state index in [2.05, 4.69) is 5.32 Å². The van der Waals surface area contributed by atoms with Crippen LogP contribution in [0.5, 0.6) is 5.75 Å². The number of carbonyl (C=O) groups excluding carboxylic acids is 3. The minimum atomic E-state index is -1.17. The highest BCUT2D eigenvalue weighted by Gasteiger charge is 2.34. The van der Waals surface area contributed by atoms with Gasteiger partial charge in [-0.2, -0.15) is 0 Å². The summed E-state index contributed by atoms with van der Waals surface area (Å²) in [4.78, 5) is 48.6. The van der Waals surface area contributed by atoms with Crippen LogP contribution in [-0.2, 0) is 4.79 Å². The molecule has 0 saturated carbocycles. The quantitative estimate of drug-likeness (QED) is 0.358. The Morgan fingerprint density at radius 3 is 2.17 bits per heavy atom. The Labute approximate surface area is 166 Å². The molecule has 1 aliphatic heterocycles. The second kappa shape index (κ2) is 8.55. The summed E-state index contributed by atoms with van der Waals surface area (Å²) >= 11 is 0. The lowest BCUT2D eigenvalue weighted by atomic mass is 10.1. The van der Waals surface area contributed by atoms with Gasteiger partial charge in [-0.3, -0.25) is 19.3 Å². The third kappa shape index (κ3) is 4.43. The van der Waals surface area contributed by atoms with Crippen LogP contribution in [0.1, 0.15) is 56.8 Å². The van der Waals surface area contributed by atoms with Gasteiger partial charge in [0.1, 0.15) is 5.75 Å². The van der Waals surface area contributed by atoms with Crippen LogP contribution in [0.4, 0.5) is 5.69 Å². The summed E-state index contributed by atoms with van der Waals surface area (Å²) in [6.45, 7) is 0.297. The number of hydrogen-bond acceptors (Lipinski definition) is 5. The number of phenols is 1. The Bertz CT molecular complexity index is 950. The molecule has 0 unspecified atom stereocenters. The van der Waals surface area contributed by atoms with Crippen molar-refractivity contribution in [2.75, 3.05) is 11.9 Å². The molecule has 2 aromatic carbocycles. The first kappa shape index (κ1) is 20.1. The van der Waals surface area contributed by atoms with E-state index in [0.29, 0.717) is 36.9 Å². The van der Waals surface area contributed by atoms with Crippen LogP contribution >= 0.6 is 0 Å². The summed E-state index contributed by atoms with van der Waals surface area (Å²) < 4.78 is 0. The number of carboxylic acid groups (broad SMARTS) is 1. The zero-order chi connectivity index (χ0) is 21.0. The fraction of sp³-hybridized carbons (Fsp3) is 0.238. The van der Waals surface area contributed by atoms with Gasteiger partial charge in [0.05, 0.1) is 22.4 Å². The fourth-order valence-corrected chi connectivity index (χ4v) is 3.16. The standard InChI is InChI=1S/C21H20N2O6/c24-17-12-13(21(28)29)9-10-16(17)22-18(25)8-2-1-5-11-23-19(26)14-6-3-4-7-15(14)20(23)27/h3-4,6-7,9-10,12,24H,1-2,5,8,11H2,(H,22,25)(H,28,29). The second-order valence-electron chi connectivity index (χ2n) is 6.70. The minimum absolute atomic E-state index is 0.0753. The van der Waals surface area contributed by atoms with E-state index >= 15 is 0 Å². The van der Waals surface area contributed by atoms with Gasteiger partial charge in [-0.05, 0) is 43.2 Å². The number of nitrogens with one attached hydrogen (secondary N) is 1. The highest BCUT2D eigenvalue weighted by molar-refractivity contribution is 6.21. The molecule has 0 saturated heterocycles. The third-order valence-corrected chi connectivity index (χ3v) is 4.68. The van der Waals surface area contributed by atoms with Crippen molar-refractivity contribution in [2.24, 2.45) is 0 Å². The van der Waals surface area contributed by atoms with Crippen LogP contribution in [0.15, 0.2) is 42.5 Å². The molecule has 0 bridgehead atoms. The van der Waals surface area contributed by atoms with Crippen molar-refractivity contribution in [2.45, 2.75) is 25.7 Å². The van der Waals surface area contributed by atoms with Crippen molar-refractivity contribution in [3.63, 3.8) is 0 Å². The Balaban J connectivity index is 1.41. The zero-order valence-electron chi connectivity index (χ0n) is 15.6. The van der Waals surface area contributed by atoms with Crippen molar-refractivity contribution in [1.82, 2.24) is 4.90 Å². The predicted octanol–water partition coefficient (Wildman–Crippen LogP) is 2.89. The van der Waals surface area contributed by atoms with E-state index in [-0.39, 0.29) is 41.1 Å². The number of carbonyl (C=O) groups is 4. The first-order chi connectivity index (χ1) is 13.9. The molecular formula is C21H20N2O6. The monoisotopic (exact) mass is 396 g/mol. The molecule has 3 N–H and O–H groups in total. The molecule has 3 amide bonds. The van der Waals surface area contributed by atoms with Crippen molar-refractivity contribution >= 4 is 29.4 Å².